The van der Waals surface area contributed by atoms with Crippen LogP contribution in [0.3, 0.4) is 0 Å². The Balaban J connectivity index is 2.49. The molecule has 2 unspecified atom stereocenters. The van der Waals surface area contributed by atoms with Gasteiger partial charge in [0.1, 0.15) is 5.01 Å². The molecule has 4 nitrogen and oxygen atoms in total. The summed E-state index contributed by atoms with van der Waals surface area (Å²) in [5, 5.41) is 5.64. The van der Waals surface area contributed by atoms with Gasteiger partial charge in [-0.2, -0.15) is 0 Å². The highest BCUT2D eigenvalue weighted by Gasteiger charge is 2.49. The van der Waals surface area contributed by atoms with Crippen LogP contribution in [0.15, 0.2) is 11.6 Å². The fraction of sp³-hybridized carbons (Fsp3) is 0.700. The van der Waals surface area contributed by atoms with Gasteiger partial charge in [-0.15, -0.1) is 11.3 Å². The second-order valence-electron chi connectivity index (χ2n) is 4.27. The molecule has 1 aliphatic rings. The van der Waals surface area contributed by atoms with Crippen molar-refractivity contribution in [3.8, 4) is 0 Å². The van der Waals surface area contributed by atoms with Gasteiger partial charge in [0.25, 0.3) is 0 Å². The second kappa shape index (κ2) is 4.09. The van der Waals surface area contributed by atoms with E-state index in [0.29, 0.717) is 0 Å². The van der Waals surface area contributed by atoms with Crippen molar-refractivity contribution in [2.24, 2.45) is 0 Å². The molecule has 0 saturated heterocycles. The Morgan fingerprint density at radius 2 is 2.38 bits per heavy atom. The highest BCUT2D eigenvalue weighted by atomic mass is 32.2. The van der Waals surface area contributed by atoms with E-state index in [1.807, 2.05) is 12.4 Å². The fourth-order valence-electron chi connectivity index (χ4n) is 2.63. The third-order valence-corrected chi connectivity index (χ3v) is 5.99. The van der Waals surface area contributed by atoms with Crippen LogP contribution in [0, 0.1) is 0 Å². The Bertz CT molecular complexity index is 455. The average molecular weight is 260 g/mol. The van der Waals surface area contributed by atoms with Crippen LogP contribution in [0.25, 0.3) is 0 Å². The predicted octanol–water partition coefficient (Wildman–Crippen LogP) is 1.15. The third-order valence-electron chi connectivity index (χ3n) is 3.36. The molecule has 1 aromatic rings. The van der Waals surface area contributed by atoms with Crippen molar-refractivity contribution >= 4 is 21.2 Å². The maximum atomic E-state index is 11.8. The van der Waals surface area contributed by atoms with Crippen molar-refractivity contribution in [1.82, 2.24) is 10.3 Å². The first-order chi connectivity index (χ1) is 7.50. The lowest BCUT2D eigenvalue weighted by molar-refractivity contribution is 0.369. The highest BCUT2D eigenvalue weighted by molar-refractivity contribution is 7.91. The van der Waals surface area contributed by atoms with Crippen molar-refractivity contribution in [2.45, 2.75) is 30.1 Å². The highest BCUT2D eigenvalue weighted by Crippen LogP contribution is 2.42. The molecule has 0 spiro atoms. The summed E-state index contributed by atoms with van der Waals surface area (Å²) in [6.07, 6.45) is 5.55. The number of aromatic nitrogens is 1. The molecule has 1 fully saturated rings. The molecule has 16 heavy (non-hydrogen) atoms. The van der Waals surface area contributed by atoms with Crippen molar-refractivity contribution in [2.75, 3.05) is 13.3 Å². The van der Waals surface area contributed by atoms with Crippen LogP contribution >= 0.6 is 11.3 Å². The molecule has 0 radical (unpaired) electrons. The molecule has 0 aromatic carbocycles. The third kappa shape index (κ3) is 1.78. The summed E-state index contributed by atoms with van der Waals surface area (Å²) in [4.78, 5) is 4.30. The first kappa shape index (κ1) is 12.0. The van der Waals surface area contributed by atoms with E-state index in [9.17, 15) is 8.42 Å². The minimum absolute atomic E-state index is 0.351. The standard InChI is InChI=1S/C10H16N2O2S2/c1-11-10(9-12-6-7-15-9)5-3-4-8(10)16(2,13)14/h6-8,11H,3-5H2,1-2H3. The number of nitrogens with one attached hydrogen (secondary N) is 1. The minimum Gasteiger partial charge on any atom is -0.307 e. The molecule has 2 rings (SSSR count). The minimum atomic E-state index is -3.04. The van der Waals surface area contributed by atoms with Gasteiger partial charge in [-0.1, -0.05) is 0 Å². The summed E-state index contributed by atoms with van der Waals surface area (Å²) in [5.41, 5.74) is -0.470. The molecule has 1 heterocycles. The predicted molar refractivity (Wildman–Crippen MR) is 65.3 cm³/mol. The van der Waals surface area contributed by atoms with Gasteiger partial charge in [0.15, 0.2) is 9.84 Å². The van der Waals surface area contributed by atoms with E-state index in [1.165, 1.54) is 17.6 Å². The Hall–Kier alpha value is -0.460. The fourth-order valence-corrected chi connectivity index (χ4v) is 5.31. The quantitative estimate of drug-likeness (QED) is 0.886. The normalized spacial score (nSPS) is 30.8. The second-order valence-corrected chi connectivity index (χ2v) is 7.39. The first-order valence-corrected chi connectivity index (χ1v) is 8.12. The van der Waals surface area contributed by atoms with Gasteiger partial charge in [0.2, 0.25) is 0 Å². The summed E-state index contributed by atoms with van der Waals surface area (Å²) in [5.74, 6) is 0. The van der Waals surface area contributed by atoms with E-state index >= 15 is 0 Å². The SMILES string of the molecule is CNC1(c2nccs2)CCCC1S(C)(=O)=O. The molecule has 1 N–H and O–H groups in total. The van der Waals surface area contributed by atoms with Crippen LogP contribution in [0.2, 0.25) is 0 Å². The van der Waals surface area contributed by atoms with E-state index in [0.717, 1.165) is 24.3 Å². The number of nitrogens with zero attached hydrogens (tertiary/aromatic N) is 1. The number of thiazole rings is 1. The summed E-state index contributed by atoms with van der Waals surface area (Å²) in [6.45, 7) is 0. The van der Waals surface area contributed by atoms with Gasteiger partial charge >= 0.3 is 0 Å². The van der Waals surface area contributed by atoms with Crippen molar-refractivity contribution in [3.05, 3.63) is 16.6 Å². The number of sulfone groups is 1. The van der Waals surface area contributed by atoms with E-state index in [1.54, 1.807) is 6.20 Å². The molecule has 1 aromatic heterocycles. The van der Waals surface area contributed by atoms with E-state index in [-0.39, 0.29) is 5.25 Å². The van der Waals surface area contributed by atoms with Gasteiger partial charge in [-0.3, -0.25) is 0 Å². The molecule has 0 amide bonds. The topological polar surface area (TPSA) is 59.1 Å². The Morgan fingerprint density at radius 3 is 2.88 bits per heavy atom. The molecular formula is C10H16N2O2S2. The lowest BCUT2D eigenvalue weighted by Crippen LogP contribution is -2.49. The summed E-state index contributed by atoms with van der Waals surface area (Å²) in [7, 11) is -1.22. The lowest BCUT2D eigenvalue weighted by atomic mass is 9.98. The first-order valence-electron chi connectivity index (χ1n) is 5.28. The van der Waals surface area contributed by atoms with Crippen LogP contribution in [0.1, 0.15) is 24.3 Å². The van der Waals surface area contributed by atoms with Crippen LogP contribution in [-0.2, 0) is 15.4 Å². The zero-order valence-electron chi connectivity index (χ0n) is 9.43. The Labute approximate surface area is 100 Å². The number of hydrogen-bond acceptors (Lipinski definition) is 5. The smallest absolute Gasteiger partial charge is 0.152 e. The van der Waals surface area contributed by atoms with Crippen molar-refractivity contribution < 1.29 is 8.42 Å². The van der Waals surface area contributed by atoms with Crippen LogP contribution in [-0.4, -0.2) is 32.0 Å². The van der Waals surface area contributed by atoms with E-state index in [2.05, 4.69) is 10.3 Å². The number of hydrogen-bond donors (Lipinski definition) is 1. The Kier molecular flexibility index (Phi) is 3.07. The van der Waals surface area contributed by atoms with Crippen LogP contribution < -0.4 is 5.32 Å². The zero-order valence-corrected chi connectivity index (χ0v) is 11.1. The van der Waals surface area contributed by atoms with E-state index < -0.39 is 15.4 Å². The summed E-state index contributed by atoms with van der Waals surface area (Å²) >= 11 is 1.53. The van der Waals surface area contributed by atoms with Gasteiger partial charge in [-0.25, -0.2) is 13.4 Å². The maximum absolute atomic E-state index is 11.8. The van der Waals surface area contributed by atoms with Crippen LogP contribution in [0.5, 0.6) is 0 Å². The molecule has 1 saturated carbocycles. The van der Waals surface area contributed by atoms with E-state index in [4.69, 9.17) is 0 Å². The monoisotopic (exact) mass is 260 g/mol. The number of rotatable bonds is 3. The Morgan fingerprint density at radius 1 is 1.62 bits per heavy atom. The van der Waals surface area contributed by atoms with Gasteiger partial charge in [0.05, 0.1) is 10.8 Å². The molecule has 2 atom stereocenters. The summed E-state index contributed by atoms with van der Waals surface area (Å²) < 4.78 is 23.7. The molecule has 1 aliphatic carbocycles. The summed E-state index contributed by atoms with van der Waals surface area (Å²) in [6, 6.07) is 0. The van der Waals surface area contributed by atoms with Crippen molar-refractivity contribution in [3.63, 3.8) is 0 Å². The van der Waals surface area contributed by atoms with Gasteiger partial charge < -0.3 is 5.32 Å². The molecular weight excluding hydrogens is 244 g/mol. The molecule has 90 valence electrons. The van der Waals surface area contributed by atoms with Crippen LogP contribution in [0.4, 0.5) is 0 Å². The van der Waals surface area contributed by atoms with Crippen molar-refractivity contribution in [1.29, 1.82) is 0 Å². The zero-order chi connectivity index (χ0) is 11.8. The molecule has 6 heteroatoms. The molecule has 0 aliphatic heterocycles. The molecule has 0 bridgehead atoms. The lowest BCUT2D eigenvalue weighted by Gasteiger charge is -2.32. The largest absolute Gasteiger partial charge is 0.307 e. The maximum Gasteiger partial charge on any atom is 0.152 e. The average Bonchev–Trinajstić information content (AvgIpc) is 2.86. The van der Waals surface area contributed by atoms with Gasteiger partial charge in [0, 0.05) is 17.8 Å². The van der Waals surface area contributed by atoms with Gasteiger partial charge in [-0.05, 0) is 26.3 Å².